The standard InChI is InChI=1S/C47H50Cl2N12O3/c1-29-8-11-36(37(20-29)44(62)59-17-4-6-31(3)41(59)26-52-46-50-24-35(49)25-51-46)33-23-56-58(28-33)19-14-32-7-5-18-60(42(32)27-53-47-57-39-22-34(48)10-13-43(39)64-47)45(63)38-21-30(2)9-12-40(38)61-54-15-16-55-61/h8-13,15-16,20-25,28,31-32,41-42H,4-7,14,17-19,26-27H2,1-3H3,(H,53,57)(H,50,51,52)/t31-,32+,41-,42-/m1/s1. The predicted octanol–water partition coefficient (Wildman–Crippen LogP) is 8.76. The van der Waals surface area contributed by atoms with Gasteiger partial charge in [-0.25, -0.2) is 9.97 Å². The Balaban J connectivity index is 0.949. The van der Waals surface area contributed by atoms with Crippen LogP contribution in [0.3, 0.4) is 0 Å². The summed E-state index contributed by atoms with van der Waals surface area (Å²) < 4.78 is 8.00. The van der Waals surface area contributed by atoms with Gasteiger partial charge in [0, 0.05) is 55.1 Å². The van der Waals surface area contributed by atoms with Crippen molar-refractivity contribution in [3.05, 3.63) is 124 Å². The lowest BCUT2D eigenvalue weighted by Gasteiger charge is -2.42. The van der Waals surface area contributed by atoms with Crippen LogP contribution >= 0.6 is 23.2 Å². The average Bonchev–Trinajstić information content (AvgIpc) is 4.09. The molecule has 3 aromatic carbocycles. The molecule has 4 atom stereocenters. The van der Waals surface area contributed by atoms with Crippen molar-refractivity contribution < 1.29 is 14.0 Å². The highest BCUT2D eigenvalue weighted by Crippen LogP contribution is 2.33. The van der Waals surface area contributed by atoms with Crippen molar-refractivity contribution in [2.75, 3.05) is 36.8 Å². The van der Waals surface area contributed by atoms with E-state index in [-0.39, 0.29) is 35.7 Å². The van der Waals surface area contributed by atoms with Crippen molar-refractivity contribution in [1.29, 1.82) is 0 Å². The molecule has 2 amide bonds. The number of halogens is 2. The van der Waals surface area contributed by atoms with Crippen molar-refractivity contribution in [1.82, 2.24) is 49.5 Å². The Morgan fingerprint density at radius 1 is 0.781 bits per heavy atom. The number of amides is 2. The Hall–Kier alpha value is -6.32. The lowest BCUT2D eigenvalue weighted by atomic mass is 9.85. The molecular formula is C47H50Cl2N12O3. The summed E-state index contributed by atoms with van der Waals surface area (Å²) in [5, 5.41) is 21.3. The zero-order valence-corrected chi connectivity index (χ0v) is 37.5. The first-order valence-corrected chi connectivity index (χ1v) is 22.6. The summed E-state index contributed by atoms with van der Waals surface area (Å²) in [6.45, 7) is 8.97. The molecule has 0 aliphatic carbocycles. The molecule has 17 heteroatoms. The molecule has 15 nitrogen and oxygen atoms in total. The second-order valence-corrected chi connectivity index (χ2v) is 17.8. The third-order valence-electron chi connectivity index (χ3n) is 12.6. The summed E-state index contributed by atoms with van der Waals surface area (Å²) in [7, 11) is 0. The molecule has 2 saturated heterocycles. The fraction of sp³-hybridized carbons (Fsp3) is 0.362. The van der Waals surface area contributed by atoms with Gasteiger partial charge in [0.15, 0.2) is 5.58 Å². The Bertz CT molecular complexity index is 2760. The van der Waals surface area contributed by atoms with Crippen molar-refractivity contribution >= 4 is 58.1 Å². The van der Waals surface area contributed by atoms with Crippen LogP contribution in [-0.2, 0) is 6.54 Å². The normalized spacial score (nSPS) is 19.0. The van der Waals surface area contributed by atoms with Crippen molar-refractivity contribution in [2.45, 2.75) is 71.5 Å². The van der Waals surface area contributed by atoms with E-state index >= 15 is 0 Å². The number of hydrogen-bond donors (Lipinski definition) is 2. The number of carbonyl (C=O) groups excluding carboxylic acids is 2. The van der Waals surface area contributed by atoms with Gasteiger partial charge in [0.1, 0.15) is 5.52 Å². The summed E-state index contributed by atoms with van der Waals surface area (Å²) in [4.78, 5) is 48.1. The first kappa shape index (κ1) is 43.0. The van der Waals surface area contributed by atoms with E-state index < -0.39 is 0 Å². The number of nitrogens with one attached hydrogen (secondary N) is 2. The smallest absolute Gasteiger partial charge is 0.295 e. The molecule has 2 aliphatic heterocycles. The summed E-state index contributed by atoms with van der Waals surface area (Å²) >= 11 is 12.3. The van der Waals surface area contributed by atoms with Gasteiger partial charge in [-0.1, -0.05) is 59.5 Å². The number of benzene rings is 3. The lowest BCUT2D eigenvalue weighted by Crippen LogP contribution is -2.52. The SMILES string of the molecule is Cc1ccc(-c2cnn(CC[C@@H]3CCCN(C(=O)c4cc(C)ccc4-n4nccn4)[C@@H]3CNc3nc4cc(Cl)ccc4o3)c2)c(C(=O)N2CCC[C@@H](C)[C@H]2CNc2ncc(Cl)cn2)c1. The number of rotatable bonds is 13. The highest BCUT2D eigenvalue weighted by molar-refractivity contribution is 6.31. The highest BCUT2D eigenvalue weighted by Gasteiger charge is 2.37. The summed E-state index contributed by atoms with van der Waals surface area (Å²) in [6, 6.07) is 17.3. The molecule has 0 radical (unpaired) electrons. The number of aryl methyl sites for hydroxylation is 3. The van der Waals surface area contributed by atoms with E-state index in [0.717, 1.165) is 54.4 Å². The van der Waals surface area contributed by atoms with Gasteiger partial charge in [-0.05, 0) is 99.7 Å². The second kappa shape index (κ2) is 18.8. The average molecular weight is 902 g/mol. The van der Waals surface area contributed by atoms with Gasteiger partial charge in [0.2, 0.25) is 5.95 Å². The van der Waals surface area contributed by atoms with Crippen LogP contribution in [0.5, 0.6) is 0 Å². The topological polar surface area (TPSA) is 165 Å². The molecule has 9 rings (SSSR count). The first-order valence-electron chi connectivity index (χ1n) is 21.8. The van der Waals surface area contributed by atoms with Crippen molar-refractivity contribution in [2.24, 2.45) is 11.8 Å². The van der Waals surface area contributed by atoms with Crippen LogP contribution in [0.1, 0.15) is 70.9 Å². The van der Waals surface area contributed by atoms with E-state index in [2.05, 4.69) is 42.7 Å². The predicted molar refractivity (Wildman–Crippen MR) is 247 cm³/mol. The number of anilines is 2. The van der Waals surface area contributed by atoms with Gasteiger partial charge in [0.25, 0.3) is 17.8 Å². The lowest BCUT2D eigenvalue weighted by molar-refractivity contribution is 0.0498. The molecule has 2 aliphatic rings. The van der Waals surface area contributed by atoms with E-state index in [4.69, 9.17) is 32.7 Å². The molecular weight excluding hydrogens is 852 g/mol. The molecule has 7 aromatic rings. The van der Waals surface area contributed by atoms with Crippen LogP contribution in [0.15, 0.2) is 96.2 Å². The summed E-state index contributed by atoms with van der Waals surface area (Å²) in [6.07, 6.45) is 14.7. The van der Waals surface area contributed by atoms with Crippen LogP contribution in [0, 0.1) is 25.7 Å². The second-order valence-electron chi connectivity index (χ2n) is 16.9. The van der Waals surface area contributed by atoms with Gasteiger partial charge in [0.05, 0.1) is 59.3 Å². The molecule has 330 valence electrons. The Morgan fingerprint density at radius 2 is 1.48 bits per heavy atom. The number of likely N-dealkylation sites (tertiary alicyclic amines) is 2. The van der Waals surface area contributed by atoms with Crippen molar-refractivity contribution in [3.8, 4) is 16.8 Å². The third kappa shape index (κ3) is 9.32. The molecule has 2 fully saturated rings. The number of hydrogen-bond acceptors (Lipinski definition) is 11. The number of piperidine rings is 2. The minimum absolute atomic E-state index is 0.00808. The molecule has 64 heavy (non-hydrogen) atoms. The maximum atomic E-state index is 14.7. The van der Waals surface area contributed by atoms with Crippen LogP contribution < -0.4 is 10.6 Å². The fourth-order valence-corrected chi connectivity index (χ4v) is 9.50. The van der Waals surface area contributed by atoms with E-state index in [1.54, 1.807) is 43.0 Å². The molecule has 0 bridgehead atoms. The van der Waals surface area contributed by atoms with Crippen LogP contribution in [0.2, 0.25) is 10.0 Å². The maximum Gasteiger partial charge on any atom is 0.295 e. The van der Waals surface area contributed by atoms with E-state index in [1.807, 2.05) is 77.1 Å². The molecule has 0 unspecified atom stereocenters. The quantitative estimate of drug-likeness (QED) is 0.114. The van der Waals surface area contributed by atoms with Crippen molar-refractivity contribution in [3.63, 3.8) is 0 Å². The number of carbonyl (C=O) groups is 2. The van der Waals surface area contributed by atoms with Crippen LogP contribution in [0.25, 0.3) is 27.9 Å². The first-order chi connectivity index (χ1) is 31.1. The summed E-state index contributed by atoms with van der Waals surface area (Å²) in [5.74, 6) is 0.764. The largest absolute Gasteiger partial charge is 0.424 e. The number of aromatic nitrogens is 8. The minimum Gasteiger partial charge on any atom is -0.424 e. The number of fused-ring (bicyclic) bond motifs is 1. The Kier molecular flexibility index (Phi) is 12.6. The number of oxazole rings is 1. The zero-order valence-electron chi connectivity index (χ0n) is 36.0. The van der Waals surface area contributed by atoms with Gasteiger partial charge in [-0.15, -0.1) is 0 Å². The molecule has 4 aromatic heterocycles. The van der Waals surface area contributed by atoms with Gasteiger partial charge >= 0.3 is 0 Å². The minimum atomic E-state index is -0.212. The van der Waals surface area contributed by atoms with Gasteiger partial charge in [-0.3, -0.25) is 14.3 Å². The fourth-order valence-electron chi connectivity index (χ4n) is 9.24. The Morgan fingerprint density at radius 3 is 2.28 bits per heavy atom. The van der Waals surface area contributed by atoms with E-state index in [1.165, 1.54) is 4.80 Å². The monoisotopic (exact) mass is 900 g/mol. The molecule has 0 saturated carbocycles. The zero-order chi connectivity index (χ0) is 44.3. The molecule has 0 spiro atoms. The summed E-state index contributed by atoms with van der Waals surface area (Å²) in [5.41, 5.74) is 6.76. The van der Waals surface area contributed by atoms with Crippen LogP contribution in [0.4, 0.5) is 12.0 Å². The Labute approximate surface area is 381 Å². The van der Waals surface area contributed by atoms with Gasteiger partial charge in [-0.2, -0.15) is 25.1 Å². The molecule has 2 N–H and O–H groups in total. The maximum absolute atomic E-state index is 14.7. The van der Waals surface area contributed by atoms with E-state index in [0.29, 0.717) is 82.6 Å². The van der Waals surface area contributed by atoms with Crippen LogP contribution in [-0.4, -0.2) is 99.6 Å². The highest BCUT2D eigenvalue weighted by atomic mass is 35.5. The number of nitrogens with zero attached hydrogens (tertiary/aromatic N) is 10. The third-order valence-corrected chi connectivity index (χ3v) is 13.0. The molecule has 6 heterocycles. The van der Waals surface area contributed by atoms with E-state index in [9.17, 15) is 9.59 Å². The van der Waals surface area contributed by atoms with Gasteiger partial charge < -0.3 is 24.9 Å².